The first-order valence-corrected chi connectivity index (χ1v) is 3.55. The molecule has 64 valence electrons. The van der Waals surface area contributed by atoms with Gasteiger partial charge < -0.3 is 9.90 Å². The van der Waals surface area contributed by atoms with Gasteiger partial charge in [-0.25, -0.2) is 0 Å². The van der Waals surface area contributed by atoms with Crippen LogP contribution in [0.3, 0.4) is 0 Å². The fraction of sp³-hybridized carbons (Fsp3) is 0.625. The first-order chi connectivity index (χ1) is 5.45. The Morgan fingerprint density at radius 1 is 1.67 bits per heavy atom. The molecule has 0 aromatic carbocycles. The second kappa shape index (κ2) is 2.07. The van der Waals surface area contributed by atoms with Crippen molar-refractivity contribution in [3.8, 4) is 6.07 Å². The molecule has 4 nitrogen and oxygen atoms in total. The molecule has 1 rings (SSSR count). The average Bonchev–Trinajstić information content (AvgIpc) is 2.47. The molecule has 2 unspecified atom stereocenters. The molecule has 0 aliphatic heterocycles. The normalized spacial score (nSPS) is 36.6. The van der Waals surface area contributed by atoms with Crippen molar-refractivity contribution >= 4 is 12.3 Å². The number of aliphatic carboxylic acids is 1. The molecule has 0 radical (unpaired) electrons. The van der Waals surface area contributed by atoms with E-state index < -0.39 is 22.7 Å². The van der Waals surface area contributed by atoms with Crippen molar-refractivity contribution in [1.29, 1.82) is 5.26 Å². The fourth-order valence-corrected chi connectivity index (χ4v) is 1.75. The first-order valence-electron chi connectivity index (χ1n) is 3.55. The number of nitrogens with zero attached hydrogens (tertiary/aromatic N) is 1. The summed E-state index contributed by atoms with van der Waals surface area (Å²) < 4.78 is 0. The van der Waals surface area contributed by atoms with Crippen LogP contribution in [0.5, 0.6) is 0 Å². The second-order valence-corrected chi connectivity index (χ2v) is 3.56. The second-order valence-electron chi connectivity index (χ2n) is 3.56. The number of carbonyl (C=O) groups excluding carboxylic acids is 1. The molecular formula is C8H9NO3. The molecule has 0 amide bonds. The zero-order chi connectivity index (χ0) is 9.57. The Morgan fingerprint density at radius 3 is 2.25 bits per heavy atom. The van der Waals surface area contributed by atoms with E-state index in [1.54, 1.807) is 19.9 Å². The van der Waals surface area contributed by atoms with Gasteiger partial charge >= 0.3 is 5.97 Å². The molecule has 1 aliphatic carbocycles. The van der Waals surface area contributed by atoms with Crippen molar-refractivity contribution in [1.82, 2.24) is 0 Å². The Morgan fingerprint density at radius 2 is 2.17 bits per heavy atom. The minimum absolute atomic E-state index is 0.553. The lowest BCUT2D eigenvalue weighted by atomic mass is 9.98. The Bertz CT molecular complexity index is 289. The van der Waals surface area contributed by atoms with Crippen LogP contribution in [0.1, 0.15) is 13.8 Å². The molecule has 0 aromatic rings. The number of carboxylic acids is 1. The summed E-state index contributed by atoms with van der Waals surface area (Å²) in [4.78, 5) is 21.2. The van der Waals surface area contributed by atoms with Gasteiger partial charge in [0.2, 0.25) is 0 Å². The average molecular weight is 167 g/mol. The monoisotopic (exact) mass is 167 g/mol. The number of aldehydes is 1. The van der Waals surface area contributed by atoms with Gasteiger partial charge in [-0.15, -0.1) is 0 Å². The molecule has 0 bridgehead atoms. The molecule has 12 heavy (non-hydrogen) atoms. The van der Waals surface area contributed by atoms with Crippen LogP contribution in [-0.4, -0.2) is 17.4 Å². The van der Waals surface area contributed by atoms with Gasteiger partial charge in [0, 0.05) is 5.41 Å². The Balaban J connectivity index is 3.12. The summed E-state index contributed by atoms with van der Waals surface area (Å²) in [6.45, 7) is 3.23. The predicted molar refractivity (Wildman–Crippen MR) is 39.0 cm³/mol. The summed E-state index contributed by atoms with van der Waals surface area (Å²) in [7, 11) is 0. The Kier molecular flexibility index (Phi) is 1.50. The van der Waals surface area contributed by atoms with Crippen LogP contribution in [-0.2, 0) is 9.59 Å². The standard InChI is InChI=1S/C8H9NO3/c1-7(2)5(3-10)8(7,4-9)6(11)12/h3,5H,1-2H3,(H,11,12). The molecule has 0 aromatic heterocycles. The van der Waals surface area contributed by atoms with Gasteiger partial charge in [-0.2, -0.15) is 5.26 Å². The van der Waals surface area contributed by atoms with Crippen molar-refractivity contribution < 1.29 is 14.7 Å². The minimum Gasteiger partial charge on any atom is -0.480 e. The lowest BCUT2D eigenvalue weighted by molar-refractivity contribution is -0.143. The molecule has 4 heteroatoms. The van der Waals surface area contributed by atoms with Crippen LogP contribution >= 0.6 is 0 Å². The predicted octanol–water partition coefficient (Wildman–Crippen LogP) is 0.436. The van der Waals surface area contributed by atoms with Crippen molar-refractivity contribution in [3.63, 3.8) is 0 Å². The number of rotatable bonds is 2. The topological polar surface area (TPSA) is 78.2 Å². The zero-order valence-electron chi connectivity index (χ0n) is 6.87. The van der Waals surface area contributed by atoms with Crippen LogP contribution in [0.2, 0.25) is 0 Å². The molecule has 1 aliphatic rings. The van der Waals surface area contributed by atoms with Gasteiger partial charge in [-0.05, 0) is 0 Å². The van der Waals surface area contributed by atoms with Crippen LogP contribution in [0, 0.1) is 28.1 Å². The van der Waals surface area contributed by atoms with Crippen molar-refractivity contribution in [2.75, 3.05) is 0 Å². The number of carboxylic acid groups (broad SMARTS) is 1. The summed E-state index contributed by atoms with van der Waals surface area (Å²) in [5, 5.41) is 17.4. The smallest absolute Gasteiger partial charge is 0.325 e. The maximum Gasteiger partial charge on any atom is 0.325 e. The molecule has 1 fully saturated rings. The Hall–Kier alpha value is -1.37. The summed E-state index contributed by atoms with van der Waals surface area (Å²) in [5.41, 5.74) is -2.22. The molecule has 0 heterocycles. The summed E-state index contributed by atoms with van der Waals surface area (Å²) in [6.07, 6.45) is 0.553. The molecule has 1 N–H and O–H groups in total. The fourth-order valence-electron chi connectivity index (χ4n) is 1.75. The minimum atomic E-state index is -1.49. The van der Waals surface area contributed by atoms with E-state index in [1.165, 1.54) is 0 Å². The molecule has 0 saturated heterocycles. The highest BCUT2D eigenvalue weighted by atomic mass is 16.4. The quantitative estimate of drug-likeness (QED) is 0.605. The maximum atomic E-state index is 10.7. The maximum absolute atomic E-state index is 10.7. The van der Waals surface area contributed by atoms with Crippen LogP contribution in [0.15, 0.2) is 0 Å². The number of carbonyl (C=O) groups is 2. The van der Waals surface area contributed by atoms with E-state index in [0.717, 1.165) is 0 Å². The van der Waals surface area contributed by atoms with E-state index in [4.69, 9.17) is 10.4 Å². The van der Waals surface area contributed by atoms with Gasteiger partial charge in [0.25, 0.3) is 0 Å². The number of nitriles is 1. The van der Waals surface area contributed by atoms with Crippen molar-refractivity contribution in [3.05, 3.63) is 0 Å². The highest BCUT2D eigenvalue weighted by Gasteiger charge is 2.77. The lowest BCUT2D eigenvalue weighted by Crippen LogP contribution is -2.19. The largest absolute Gasteiger partial charge is 0.480 e. The highest BCUT2D eigenvalue weighted by molar-refractivity contribution is 5.90. The lowest BCUT2D eigenvalue weighted by Gasteiger charge is -2.03. The number of hydrogen-bond acceptors (Lipinski definition) is 3. The third-order valence-electron chi connectivity index (χ3n) is 2.83. The van der Waals surface area contributed by atoms with Gasteiger partial charge in [0.15, 0.2) is 5.41 Å². The van der Waals surface area contributed by atoms with Crippen molar-refractivity contribution in [2.45, 2.75) is 13.8 Å². The van der Waals surface area contributed by atoms with Gasteiger partial charge in [-0.1, -0.05) is 13.8 Å². The number of hydrogen-bond donors (Lipinski definition) is 1. The summed E-state index contributed by atoms with van der Waals surface area (Å²) in [6, 6.07) is 1.71. The van der Waals surface area contributed by atoms with Crippen molar-refractivity contribution in [2.24, 2.45) is 16.7 Å². The zero-order valence-corrected chi connectivity index (χ0v) is 6.87. The van der Waals surface area contributed by atoms with E-state index in [9.17, 15) is 9.59 Å². The summed E-state index contributed by atoms with van der Waals surface area (Å²) >= 11 is 0. The highest BCUT2D eigenvalue weighted by Crippen LogP contribution is 2.67. The van der Waals surface area contributed by atoms with Gasteiger partial charge in [0.05, 0.1) is 12.0 Å². The van der Waals surface area contributed by atoms with Gasteiger partial charge in [0.1, 0.15) is 6.29 Å². The molecule has 2 atom stereocenters. The van der Waals surface area contributed by atoms with E-state index in [1.807, 2.05) is 0 Å². The molecule has 1 saturated carbocycles. The molecular weight excluding hydrogens is 158 g/mol. The van der Waals surface area contributed by atoms with E-state index >= 15 is 0 Å². The third kappa shape index (κ3) is 0.613. The van der Waals surface area contributed by atoms with E-state index in [-0.39, 0.29) is 0 Å². The van der Waals surface area contributed by atoms with Crippen LogP contribution in [0.4, 0.5) is 0 Å². The van der Waals surface area contributed by atoms with E-state index in [0.29, 0.717) is 6.29 Å². The van der Waals surface area contributed by atoms with Crippen LogP contribution in [0.25, 0.3) is 0 Å². The SMILES string of the molecule is CC1(C)C(C=O)C1(C#N)C(=O)O. The molecule has 0 spiro atoms. The third-order valence-corrected chi connectivity index (χ3v) is 2.83. The first kappa shape index (κ1) is 8.72. The van der Waals surface area contributed by atoms with Gasteiger partial charge in [-0.3, -0.25) is 4.79 Å². The Labute approximate surface area is 69.8 Å². The summed E-state index contributed by atoms with van der Waals surface area (Å²) in [5.74, 6) is -1.88. The van der Waals surface area contributed by atoms with E-state index in [2.05, 4.69) is 0 Å². The van der Waals surface area contributed by atoms with Crippen LogP contribution < -0.4 is 0 Å².